The number of amides is 1. The zero-order valence-corrected chi connectivity index (χ0v) is 15.5. The third-order valence-corrected chi connectivity index (χ3v) is 5.96. The number of halogens is 1. The number of rotatable bonds is 6. The lowest BCUT2D eigenvalue weighted by Crippen LogP contribution is -2.44. The molecule has 26 heavy (non-hydrogen) atoms. The zero-order valence-electron chi connectivity index (χ0n) is 14.7. The van der Waals surface area contributed by atoms with Crippen molar-refractivity contribution < 1.29 is 18.7 Å². The van der Waals surface area contributed by atoms with Gasteiger partial charge in [0, 0.05) is 35.0 Å². The molecule has 1 amide bonds. The second-order valence-corrected chi connectivity index (χ2v) is 7.78. The third kappa shape index (κ3) is 4.56. The number of hydrogen-bond donors (Lipinski definition) is 1. The van der Waals surface area contributed by atoms with Crippen LogP contribution >= 0.6 is 11.8 Å². The number of methoxy groups -OCH3 is 1. The first-order valence-electron chi connectivity index (χ1n) is 8.55. The molecule has 1 aliphatic rings. The van der Waals surface area contributed by atoms with Crippen LogP contribution in [0.15, 0.2) is 53.4 Å². The van der Waals surface area contributed by atoms with E-state index < -0.39 is 5.82 Å². The quantitative estimate of drug-likeness (QED) is 0.832. The SMILES string of the molecule is COc1ccc(C(=O)NCC2(Sc3ccccc3)CCOCC2)cc1F. The van der Waals surface area contributed by atoms with Crippen molar-refractivity contribution in [2.75, 3.05) is 26.9 Å². The molecule has 1 heterocycles. The summed E-state index contributed by atoms with van der Waals surface area (Å²) >= 11 is 1.77. The van der Waals surface area contributed by atoms with Gasteiger partial charge in [-0.05, 0) is 43.2 Å². The Morgan fingerprint density at radius 2 is 1.96 bits per heavy atom. The standard InChI is InChI=1S/C20H22FNO3S/c1-24-18-8-7-15(13-17(18)21)19(23)22-14-20(9-11-25-12-10-20)26-16-5-3-2-4-6-16/h2-8,13H,9-12,14H2,1H3,(H,22,23). The summed E-state index contributed by atoms with van der Waals surface area (Å²) < 4.78 is 24.1. The van der Waals surface area contributed by atoms with E-state index in [1.54, 1.807) is 17.8 Å². The highest BCUT2D eigenvalue weighted by molar-refractivity contribution is 8.00. The summed E-state index contributed by atoms with van der Waals surface area (Å²) in [6.45, 7) is 1.85. The normalized spacial score (nSPS) is 16.1. The number of carbonyl (C=O) groups is 1. The predicted octanol–water partition coefficient (Wildman–Crippen LogP) is 3.91. The molecule has 0 spiro atoms. The molecule has 0 bridgehead atoms. The van der Waals surface area contributed by atoms with E-state index >= 15 is 0 Å². The molecule has 0 saturated carbocycles. The number of thioether (sulfide) groups is 1. The fourth-order valence-corrected chi connectivity index (χ4v) is 4.26. The third-order valence-electron chi connectivity index (χ3n) is 4.47. The molecular weight excluding hydrogens is 353 g/mol. The van der Waals surface area contributed by atoms with Gasteiger partial charge in [0.1, 0.15) is 0 Å². The van der Waals surface area contributed by atoms with Gasteiger partial charge in [-0.3, -0.25) is 4.79 Å². The Morgan fingerprint density at radius 1 is 1.23 bits per heavy atom. The summed E-state index contributed by atoms with van der Waals surface area (Å²) in [6.07, 6.45) is 1.70. The van der Waals surface area contributed by atoms with Gasteiger partial charge in [0.15, 0.2) is 11.6 Å². The van der Waals surface area contributed by atoms with Gasteiger partial charge in [-0.1, -0.05) is 18.2 Å². The van der Waals surface area contributed by atoms with Gasteiger partial charge in [0.2, 0.25) is 0 Å². The van der Waals surface area contributed by atoms with Crippen LogP contribution in [0.5, 0.6) is 5.75 Å². The second-order valence-electron chi connectivity index (χ2n) is 6.24. The van der Waals surface area contributed by atoms with Crippen LogP contribution in [0.25, 0.3) is 0 Å². The molecule has 0 atom stereocenters. The van der Waals surface area contributed by atoms with Crippen molar-refractivity contribution in [3.05, 3.63) is 59.9 Å². The molecule has 6 heteroatoms. The van der Waals surface area contributed by atoms with E-state index in [2.05, 4.69) is 17.4 Å². The molecule has 2 aromatic rings. The van der Waals surface area contributed by atoms with E-state index in [1.165, 1.54) is 24.1 Å². The lowest BCUT2D eigenvalue weighted by atomic mass is 9.99. The number of benzene rings is 2. The maximum atomic E-state index is 13.8. The topological polar surface area (TPSA) is 47.6 Å². The Balaban J connectivity index is 1.69. The summed E-state index contributed by atoms with van der Waals surface area (Å²) in [6, 6.07) is 14.4. The van der Waals surface area contributed by atoms with Crippen LogP contribution in [0.2, 0.25) is 0 Å². The first kappa shape index (κ1) is 18.7. The van der Waals surface area contributed by atoms with Crippen LogP contribution in [0.4, 0.5) is 4.39 Å². The molecular formula is C20H22FNO3S. The lowest BCUT2D eigenvalue weighted by molar-refractivity contribution is 0.0741. The molecule has 0 unspecified atom stereocenters. The van der Waals surface area contributed by atoms with Crippen molar-refractivity contribution in [3.8, 4) is 5.75 Å². The average molecular weight is 375 g/mol. The van der Waals surface area contributed by atoms with Crippen LogP contribution in [-0.2, 0) is 4.74 Å². The Labute approximate surface area is 157 Å². The van der Waals surface area contributed by atoms with Crippen molar-refractivity contribution in [2.24, 2.45) is 0 Å². The van der Waals surface area contributed by atoms with E-state index in [0.717, 1.165) is 12.8 Å². The van der Waals surface area contributed by atoms with E-state index in [4.69, 9.17) is 9.47 Å². The monoisotopic (exact) mass is 375 g/mol. The van der Waals surface area contributed by atoms with Gasteiger partial charge in [0.05, 0.1) is 7.11 Å². The van der Waals surface area contributed by atoms with Crippen molar-refractivity contribution in [1.82, 2.24) is 5.32 Å². The highest BCUT2D eigenvalue weighted by Crippen LogP contribution is 2.40. The number of carbonyl (C=O) groups excluding carboxylic acids is 1. The molecule has 2 aromatic carbocycles. The molecule has 1 aliphatic heterocycles. The summed E-state index contributed by atoms with van der Waals surface area (Å²) in [7, 11) is 1.40. The van der Waals surface area contributed by atoms with E-state index in [9.17, 15) is 9.18 Å². The Morgan fingerprint density at radius 3 is 2.62 bits per heavy atom. The summed E-state index contributed by atoms with van der Waals surface area (Å²) in [5, 5.41) is 2.97. The number of hydrogen-bond acceptors (Lipinski definition) is 4. The van der Waals surface area contributed by atoms with E-state index in [1.807, 2.05) is 18.2 Å². The zero-order chi connectivity index (χ0) is 18.4. The minimum atomic E-state index is -0.542. The minimum absolute atomic E-state index is 0.125. The number of ether oxygens (including phenoxy) is 2. The van der Waals surface area contributed by atoms with Crippen molar-refractivity contribution in [1.29, 1.82) is 0 Å². The van der Waals surface area contributed by atoms with Crippen molar-refractivity contribution in [3.63, 3.8) is 0 Å². The average Bonchev–Trinajstić information content (AvgIpc) is 2.67. The highest BCUT2D eigenvalue weighted by Gasteiger charge is 2.34. The van der Waals surface area contributed by atoms with E-state index in [0.29, 0.717) is 19.8 Å². The Kier molecular flexibility index (Phi) is 6.16. The molecule has 1 fully saturated rings. The van der Waals surface area contributed by atoms with Crippen molar-refractivity contribution in [2.45, 2.75) is 22.5 Å². The van der Waals surface area contributed by atoms with Crippen molar-refractivity contribution >= 4 is 17.7 Å². The van der Waals surface area contributed by atoms with Crippen LogP contribution in [0.1, 0.15) is 23.2 Å². The Hall–Kier alpha value is -2.05. The molecule has 1 N–H and O–H groups in total. The second kappa shape index (κ2) is 8.56. The minimum Gasteiger partial charge on any atom is -0.494 e. The summed E-state index contributed by atoms with van der Waals surface area (Å²) in [5.41, 5.74) is 0.287. The van der Waals surface area contributed by atoms with Crippen LogP contribution in [0, 0.1) is 5.82 Å². The predicted molar refractivity (Wildman–Crippen MR) is 100 cm³/mol. The molecule has 0 aliphatic carbocycles. The largest absolute Gasteiger partial charge is 0.494 e. The summed E-state index contributed by atoms with van der Waals surface area (Å²) in [5.74, 6) is -0.701. The molecule has 3 rings (SSSR count). The van der Waals surface area contributed by atoms with Gasteiger partial charge in [-0.15, -0.1) is 11.8 Å². The molecule has 4 nitrogen and oxygen atoms in total. The van der Waals surface area contributed by atoms with Gasteiger partial charge >= 0.3 is 0 Å². The van der Waals surface area contributed by atoms with Gasteiger partial charge < -0.3 is 14.8 Å². The van der Waals surface area contributed by atoms with E-state index in [-0.39, 0.29) is 22.0 Å². The van der Waals surface area contributed by atoms with Gasteiger partial charge in [-0.25, -0.2) is 4.39 Å². The summed E-state index contributed by atoms with van der Waals surface area (Å²) in [4.78, 5) is 13.6. The molecule has 1 saturated heterocycles. The van der Waals surface area contributed by atoms with Crippen LogP contribution < -0.4 is 10.1 Å². The van der Waals surface area contributed by atoms with Gasteiger partial charge in [0.25, 0.3) is 5.91 Å². The molecule has 0 radical (unpaired) electrons. The molecule has 138 valence electrons. The number of nitrogens with one attached hydrogen (secondary N) is 1. The first-order valence-corrected chi connectivity index (χ1v) is 9.37. The Bertz CT molecular complexity index is 748. The van der Waals surface area contributed by atoms with Gasteiger partial charge in [-0.2, -0.15) is 0 Å². The maximum absolute atomic E-state index is 13.8. The molecule has 0 aromatic heterocycles. The highest BCUT2D eigenvalue weighted by atomic mass is 32.2. The van der Waals surface area contributed by atoms with Crippen LogP contribution in [-0.4, -0.2) is 37.5 Å². The fourth-order valence-electron chi connectivity index (χ4n) is 2.95. The van der Waals surface area contributed by atoms with Crippen LogP contribution in [0.3, 0.4) is 0 Å². The smallest absolute Gasteiger partial charge is 0.251 e. The maximum Gasteiger partial charge on any atom is 0.251 e. The lowest BCUT2D eigenvalue weighted by Gasteiger charge is -2.36. The first-order chi connectivity index (χ1) is 12.6. The fraction of sp³-hybridized carbons (Fsp3) is 0.350.